The maximum absolute atomic E-state index is 5.38. The molecule has 0 spiro atoms. The van der Waals surface area contributed by atoms with Gasteiger partial charge in [0.05, 0.1) is 13.2 Å². The normalized spacial score (nSPS) is 26.2. The van der Waals surface area contributed by atoms with E-state index in [9.17, 15) is 0 Å². The second-order valence-electron chi connectivity index (χ2n) is 3.08. The number of ether oxygens (including phenoxy) is 1. The first-order valence-corrected chi connectivity index (χ1v) is 4.08. The van der Waals surface area contributed by atoms with E-state index < -0.39 is 0 Å². The highest BCUT2D eigenvalue weighted by Gasteiger charge is 2.09. The standard InChI is InChI=1S/C9H16O/c1-3-4-9-5-8(2)6-10-7-9/h5,9H,3-4,6-7H2,1-2H3. The molecule has 1 heterocycles. The lowest BCUT2D eigenvalue weighted by molar-refractivity contribution is 0.115. The molecule has 0 aromatic rings. The van der Waals surface area contributed by atoms with Gasteiger partial charge in [0.15, 0.2) is 0 Å². The summed E-state index contributed by atoms with van der Waals surface area (Å²) in [5.41, 5.74) is 1.39. The summed E-state index contributed by atoms with van der Waals surface area (Å²) in [6, 6.07) is 0. The second-order valence-corrected chi connectivity index (χ2v) is 3.08. The van der Waals surface area contributed by atoms with Crippen molar-refractivity contribution in [2.24, 2.45) is 5.92 Å². The van der Waals surface area contributed by atoms with Gasteiger partial charge in [-0.15, -0.1) is 0 Å². The lowest BCUT2D eigenvalue weighted by Crippen LogP contribution is -2.14. The summed E-state index contributed by atoms with van der Waals surface area (Å²) >= 11 is 0. The summed E-state index contributed by atoms with van der Waals surface area (Å²) < 4.78 is 5.38. The van der Waals surface area contributed by atoms with Gasteiger partial charge in [-0.25, -0.2) is 0 Å². The molecule has 58 valence electrons. The predicted molar refractivity (Wildman–Crippen MR) is 43.0 cm³/mol. The topological polar surface area (TPSA) is 9.23 Å². The van der Waals surface area contributed by atoms with Crippen molar-refractivity contribution in [3.63, 3.8) is 0 Å². The third-order valence-corrected chi connectivity index (χ3v) is 1.84. The molecule has 1 heteroatoms. The summed E-state index contributed by atoms with van der Waals surface area (Å²) in [5.74, 6) is 0.693. The molecule has 0 N–H and O–H groups in total. The van der Waals surface area contributed by atoms with Crippen LogP contribution in [-0.4, -0.2) is 13.2 Å². The van der Waals surface area contributed by atoms with Crippen molar-refractivity contribution in [2.45, 2.75) is 26.7 Å². The van der Waals surface area contributed by atoms with Gasteiger partial charge >= 0.3 is 0 Å². The van der Waals surface area contributed by atoms with Crippen LogP contribution in [0.4, 0.5) is 0 Å². The maximum Gasteiger partial charge on any atom is 0.0674 e. The first-order valence-electron chi connectivity index (χ1n) is 4.08. The van der Waals surface area contributed by atoms with E-state index in [2.05, 4.69) is 19.9 Å². The zero-order valence-electron chi connectivity index (χ0n) is 6.89. The van der Waals surface area contributed by atoms with E-state index in [1.54, 1.807) is 0 Å². The average Bonchev–Trinajstić information content (AvgIpc) is 1.88. The van der Waals surface area contributed by atoms with Gasteiger partial charge in [0, 0.05) is 5.92 Å². The molecule has 0 bridgehead atoms. The number of rotatable bonds is 2. The molecule has 1 unspecified atom stereocenters. The van der Waals surface area contributed by atoms with Gasteiger partial charge in [-0.1, -0.05) is 25.0 Å². The summed E-state index contributed by atoms with van der Waals surface area (Å²) in [6.45, 7) is 6.14. The van der Waals surface area contributed by atoms with E-state index in [1.165, 1.54) is 18.4 Å². The molecule has 0 amide bonds. The van der Waals surface area contributed by atoms with Crippen molar-refractivity contribution >= 4 is 0 Å². The SMILES string of the molecule is CCCC1C=C(C)COC1. The fourth-order valence-electron chi connectivity index (χ4n) is 1.41. The highest BCUT2D eigenvalue weighted by atomic mass is 16.5. The molecule has 1 atom stereocenters. The Bertz CT molecular complexity index is 127. The van der Waals surface area contributed by atoms with Gasteiger partial charge in [0.2, 0.25) is 0 Å². The van der Waals surface area contributed by atoms with Crippen LogP contribution in [0.3, 0.4) is 0 Å². The maximum atomic E-state index is 5.38. The molecular weight excluding hydrogens is 124 g/mol. The van der Waals surface area contributed by atoms with Crippen LogP contribution in [0, 0.1) is 5.92 Å². The summed E-state index contributed by atoms with van der Waals surface area (Å²) in [7, 11) is 0. The minimum Gasteiger partial charge on any atom is -0.377 e. The Balaban J connectivity index is 2.38. The highest BCUT2D eigenvalue weighted by molar-refractivity contribution is 5.04. The molecule has 0 radical (unpaired) electrons. The Labute approximate surface area is 63.1 Å². The van der Waals surface area contributed by atoms with Crippen molar-refractivity contribution in [1.29, 1.82) is 0 Å². The number of hydrogen-bond acceptors (Lipinski definition) is 1. The van der Waals surface area contributed by atoms with E-state index in [-0.39, 0.29) is 0 Å². The molecule has 1 aliphatic heterocycles. The first kappa shape index (κ1) is 7.80. The van der Waals surface area contributed by atoms with Crippen LogP contribution in [0.15, 0.2) is 11.6 Å². The van der Waals surface area contributed by atoms with Crippen molar-refractivity contribution in [1.82, 2.24) is 0 Å². The molecule has 1 nitrogen and oxygen atoms in total. The quantitative estimate of drug-likeness (QED) is 0.535. The van der Waals surface area contributed by atoms with Crippen molar-refractivity contribution in [2.75, 3.05) is 13.2 Å². The highest BCUT2D eigenvalue weighted by Crippen LogP contribution is 2.15. The molecule has 0 aliphatic carbocycles. The molecule has 10 heavy (non-hydrogen) atoms. The van der Waals surface area contributed by atoms with Crippen molar-refractivity contribution < 1.29 is 4.74 Å². The summed E-state index contributed by atoms with van der Waals surface area (Å²) in [4.78, 5) is 0. The molecule has 0 aromatic heterocycles. The van der Waals surface area contributed by atoms with Crippen LogP contribution in [0.25, 0.3) is 0 Å². The van der Waals surface area contributed by atoms with Crippen LogP contribution in [0.1, 0.15) is 26.7 Å². The van der Waals surface area contributed by atoms with Gasteiger partial charge in [0.1, 0.15) is 0 Å². The lowest BCUT2D eigenvalue weighted by atomic mass is 10.0. The monoisotopic (exact) mass is 140 g/mol. The average molecular weight is 140 g/mol. The Morgan fingerprint density at radius 2 is 2.50 bits per heavy atom. The van der Waals surface area contributed by atoms with Crippen LogP contribution >= 0.6 is 0 Å². The molecule has 0 saturated heterocycles. The smallest absolute Gasteiger partial charge is 0.0674 e. The molecule has 0 fully saturated rings. The molecule has 0 saturated carbocycles. The zero-order chi connectivity index (χ0) is 7.40. The van der Waals surface area contributed by atoms with Gasteiger partial charge in [-0.05, 0) is 13.3 Å². The third-order valence-electron chi connectivity index (χ3n) is 1.84. The minimum absolute atomic E-state index is 0.693. The lowest BCUT2D eigenvalue weighted by Gasteiger charge is -2.18. The van der Waals surface area contributed by atoms with E-state index in [0.29, 0.717) is 5.92 Å². The fourth-order valence-corrected chi connectivity index (χ4v) is 1.41. The van der Waals surface area contributed by atoms with E-state index >= 15 is 0 Å². The van der Waals surface area contributed by atoms with Gasteiger partial charge in [-0.3, -0.25) is 0 Å². The number of hydrogen-bond donors (Lipinski definition) is 0. The van der Waals surface area contributed by atoms with Crippen LogP contribution < -0.4 is 0 Å². The van der Waals surface area contributed by atoms with Crippen molar-refractivity contribution in [3.05, 3.63) is 11.6 Å². The predicted octanol–water partition coefficient (Wildman–Crippen LogP) is 2.38. The van der Waals surface area contributed by atoms with Gasteiger partial charge < -0.3 is 4.74 Å². The Kier molecular flexibility index (Phi) is 2.94. The Morgan fingerprint density at radius 3 is 3.10 bits per heavy atom. The zero-order valence-corrected chi connectivity index (χ0v) is 6.89. The fraction of sp³-hybridized carbons (Fsp3) is 0.778. The van der Waals surface area contributed by atoms with E-state index in [4.69, 9.17) is 4.74 Å². The van der Waals surface area contributed by atoms with Crippen molar-refractivity contribution in [3.8, 4) is 0 Å². The summed E-state index contributed by atoms with van der Waals surface area (Å²) in [6.07, 6.45) is 4.89. The van der Waals surface area contributed by atoms with Crippen LogP contribution in [0.5, 0.6) is 0 Å². The van der Waals surface area contributed by atoms with E-state index in [1.807, 2.05) is 0 Å². The molecular formula is C9H16O. The largest absolute Gasteiger partial charge is 0.377 e. The van der Waals surface area contributed by atoms with Crippen LogP contribution in [0.2, 0.25) is 0 Å². The van der Waals surface area contributed by atoms with Crippen LogP contribution in [-0.2, 0) is 4.74 Å². The molecule has 0 aromatic carbocycles. The second kappa shape index (κ2) is 3.77. The van der Waals surface area contributed by atoms with E-state index in [0.717, 1.165) is 13.2 Å². The minimum atomic E-state index is 0.693. The molecule has 1 rings (SSSR count). The van der Waals surface area contributed by atoms with Gasteiger partial charge in [0.25, 0.3) is 0 Å². The molecule has 1 aliphatic rings. The van der Waals surface area contributed by atoms with Gasteiger partial charge in [-0.2, -0.15) is 0 Å². The third kappa shape index (κ3) is 2.14. The summed E-state index contributed by atoms with van der Waals surface area (Å²) in [5, 5.41) is 0. The Hall–Kier alpha value is -0.300. The Morgan fingerprint density at radius 1 is 1.70 bits per heavy atom. The first-order chi connectivity index (χ1) is 4.83.